The van der Waals surface area contributed by atoms with Gasteiger partial charge in [-0.05, 0) is 47.6 Å². The molecule has 0 atom stereocenters. The molecule has 1 aromatic carbocycles. The minimum Gasteiger partial charge on any atom is -0.481 e. The molecule has 21 heavy (non-hydrogen) atoms. The van der Waals surface area contributed by atoms with Crippen LogP contribution in [0.4, 0.5) is 0 Å². The Morgan fingerprint density at radius 2 is 1.86 bits per heavy atom. The van der Waals surface area contributed by atoms with Gasteiger partial charge in [-0.2, -0.15) is 0 Å². The molecule has 0 aliphatic rings. The second-order valence-electron chi connectivity index (χ2n) is 4.72. The van der Waals surface area contributed by atoms with Crippen molar-refractivity contribution >= 4 is 57.7 Å². The maximum Gasteiger partial charge on any atom is 0.311 e. The van der Waals surface area contributed by atoms with Crippen LogP contribution >= 0.6 is 45.8 Å². The molecule has 0 aromatic heterocycles. The van der Waals surface area contributed by atoms with E-state index in [1.165, 1.54) is 6.07 Å². The van der Waals surface area contributed by atoms with Gasteiger partial charge >= 0.3 is 5.97 Å². The van der Waals surface area contributed by atoms with Crippen molar-refractivity contribution in [2.45, 2.75) is 26.7 Å². The lowest BCUT2D eigenvalue weighted by Crippen LogP contribution is -2.42. The second kappa shape index (κ2) is 7.65. The Hall–Kier alpha value is -0.530. The summed E-state index contributed by atoms with van der Waals surface area (Å²) in [5.41, 5.74) is -0.608. The Labute approximate surface area is 147 Å². The zero-order chi connectivity index (χ0) is 16.2. The van der Waals surface area contributed by atoms with Crippen molar-refractivity contribution < 1.29 is 14.7 Å². The van der Waals surface area contributed by atoms with Gasteiger partial charge in [0.1, 0.15) is 0 Å². The van der Waals surface area contributed by atoms with Gasteiger partial charge in [-0.15, -0.1) is 0 Å². The van der Waals surface area contributed by atoms with Crippen molar-refractivity contribution in [3.05, 3.63) is 31.3 Å². The first kappa shape index (κ1) is 18.5. The molecule has 1 rings (SSSR count). The lowest BCUT2D eigenvalue weighted by molar-refractivity contribution is -0.149. The van der Waals surface area contributed by atoms with E-state index in [-0.39, 0.29) is 12.5 Å². The zero-order valence-corrected chi connectivity index (χ0v) is 15.3. The molecule has 0 radical (unpaired) electrons. The highest BCUT2D eigenvalue weighted by molar-refractivity contribution is 14.1. The molecule has 0 fully saturated rings. The van der Waals surface area contributed by atoms with Crippen molar-refractivity contribution in [2.24, 2.45) is 5.41 Å². The molecule has 0 saturated heterocycles. The minimum atomic E-state index is -0.955. The summed E-state index contributed by atoms with van der Waals surface area (Å²) in [6.45, 7) is 3.65. The normalized spacial score (nSPS) is 11.3. The minimum absolute atomic E-state index is 0.0639. The molecule has 0 aliphatic carbocycles. The quantitative estimate of drug-likeness (QED) is 0.511. The number of halogens is 3. The van der Waals surface area contributed by atoms with Gasteiger partial charge in [0.05, 0.1) is 16.0 Å². The third-order valence-electron chi connectivity index (χ3n) is 3.63. The number of carboxylic acids is 1. The number of benzene rings is 1. The van der Waals surface area contributed by atoms with Crippen LogP contribution in [0.15, 0.2) is 12.1 Å². The SMILES string of the molecule is CCC(CC)(CNC(=O)c1cc(Cl)cc(Cl)c1I)C(=O)O. The molecule has 7 heteroatoms. The van der Waals surface area contributed by atoms with E-state index in [9.17, 15) is 14.7 Å². The van der Waals surface area contributed by atoms with E-state index in [1.807, 2.05) is 22.6 Å². The summed E-state index contributed by atoms with van der Waals surface area (Å²) in [4.78, 5) is 23.7. The van der Waals surface area contributed by atoms with Gasteiger partial charge in [-0.25, -0.2) is 0 Å². The maximum absolute atomic E-state index is 12.2. The Balaban J connectivity index is 2.95. The molecule has 116 valence electrons. The van der Waals surface area contributed by atoms with E-state index in [1.54, 1.807) is 19.9 Å². The van der Waals surface area contributed by atoms with Crippen molar-refractivity contribution in [3.63, 3.8) is 0 Å². The number of rotatable bonds is 6. The van der Waals surface area contributed by atoms with Crippen LogP contribution in [0, 0.1) is 8.99 Å². The first-order valence-corrected chi connectivity index (χ1v) is 8.27. The molecule has 0 heterocycles. The smallest absolute Gasteiger partial charge is 0.311 e. The predicted octanol–water partition coefficient (Wildman–Crippen LogP) is 4.22. The first-order chi connectivity index (χ1) is 9.77. The second-order valence-corrected chi connectivity index (χ2v) is 6.65. The van der Waals surface area contributed by atoms with Gasteiger partial charge in [0.2, 0.25) is 0 Å². The molecule has 0 spiro atoms. The molecule has 0 bridgehead atoms. The van der Waals surface area contributed by atoms with Gasteiger partial charge in [0, 0.05) is 15.1 Å². The van der Waals surface area contributed by atoms with E-state index in [4.69, 9.17) is 23.2 Å². The van der Waals surface area contributed by atoms with Crippen molar-refractivity contribution in [3.8, 4) is 0 Å². The van der Waals surface area contributed by atoms with Gasteiger partial charge in [0.25, 0.3) is 5.91 Å². The van der Waals surface area contributed by atoms with E-state index in [0.29, 0.717) is 32.0 Å². The fourth-order valence-corrected chi connectivity index (χ4v) is 2.99. The molecular formula is C14H16Cl2INO3. The van der Waals surface area contributed by atoms with E-state index in [2.05, 4.69) is 5.32 Å². The number of nitrogens with one attached hydrogen (secondary N) is 1. The summed E-state index contributed by atoms with van der Waals surface area (Å²) in [5, 5.41) is 12.8. The maximum atomic E-state index is 12.2. The van der Waals surface area contributed by atoms with Crippen LogP contribution < -0.4 is 5.32 Å². The fraction of sp³-hybridized carbons (Fsp3) is 0.429. The molecule has 1 aromatic rings. The average Bonchev–Trinajstić information content (AvgIpc) is 2.43. The summed E-state index contributed by atoms with van der Waals surface area (Å²) in [5.74, 6) is -1.29. The lowest BCUT2D eigenvalue weighted by atomic mass is 9.82. The van der Waals surface area contributed by atoms with Crippen LogP contribution in [0.2, 0.25) is 10.0 Å². The third-order valence-corrected chi connectivity index (χ3v) is 5.63. The van der Waals surface area contributed by atoms with Gasteiger partial charge in [-0.3, -0.25) is 9.59 Å². The number of carboxylic acid groups (broad SMARTS) is 1. The standard InChI is InChI=1S/C14H16Cl2INO3/c1-3-14(4-2,13(20)21)7-18-12(19)9-5-8(15)6-10(16)11(9)17/h5-6H,3-4,7H2,1-2H3,(H,18,19)(H,20,21). The Bertz CT molecular complexity index is 559. The Morgan fingerprint density at radius 3 is 2.33 bits per heavy atom. The van der Waals surface area contributed by atoms with Crippen LogP contribution in [0.1, 0.15) is 37.0 Å². The molecule has 4 nitrogen and oxygen atoms in total. The van der Waals surface area contributed by atoms with Crippen molar-refractivity contribution in [2.75, 3.05) is 6.54 Å². The fourth-order valence-electron chi connectivity index (χ4n) is 1.94. The van der Waals surface area contributed by atoms with Crippen molar-refractivity contribution in [1.29, 1.82) is 0 Å². The lowest BCUT2D eigenvalue weighted by Gasteiger charge is -2.27. The summed E-state index contributed by atoms with van der Waals surface area (Å²) in [6.07, 6.45) is 0.874. The number of hydrogen-bond acceptors (Lipinski definition) is 2. The van der Waals surface area contributed by atoms with Crippen LogP contribution in [0.25, 0.3) is 0 Å². The van der Waals surface area contributed by atoms with Crippen molar-refractivity contribution in [1.82, 2.24) is 5.32 Å². The highest BCUT2D eigenvalue weighted by Crippen LogP contribution is 2.28. The van der Waals surface area contributed by atoms with Crippen LogP contribution in [-0.4, -0.2) is 23.5 Å². The molecule has 0 saturated carbocycles. The summed E-state index contributed by atoms with van der Waals surface area (Å²) in [7, 11) is 0. The van der Waals surface area contributed by atoms with E-state index < -0.39 is 11.4 Å². The largest absolute Gasteiger partial charge is 0.481 e. The van der Waals surface area contributed by atoms with Crippen LogP contribution in [0.3, 0.4) is 0 Å². The topological polar surface area (TPSA) is 66.4 Å². The third kappa shape index (κ3) is 4.23. The van der Waals surface area contributed by atoms with Gasteiger partial charge in [-0.1, -0.05) is 37.0 Å². The highest BCUT2D eigenvalue weighted by atomic mass is 127. The number of carbonyl (C=O) groups excluding carboxylic acids is 1. The predicted molar refractivity (Wildman–Crippen MR) is 92.2 cm³/mol. The molecule has 0 unspecified atom stereocenters. The number of amides is 1. The molecule has 0 aliphatic heterocycles. The number of aliphatic carboxylic acids is 1. The average molecular weight is 444 g/mol. The van der Waals surface area contributed by atoms with Gasteiger partial charge < -0.3 is 10.4 Å². The van der Waals surface area contributed by atoms with E-state index >= 15 is 0 Å². The Kier molecular flexibility index (Phi) is 6.74. The van der Waals surface area contributed by atoms with Gasteiger partial charge in [0.15, 0.2) is 0 Å². The van der Waals surface area contributed by atoms with Crippen LogP contribution in [0.5, 0.6) is 0 Å². The summed E-state index contributed by atoms with van der Waals surface area (Å²) in [6, 6.07) is 3.08. The summed E-state index contributed by atoms with van der Waals surface area (Å²) < 4.78 is 0.588. The van der Waals surface area contributed by atoms with Crippen LogP contribution in [-0.2, 0) is 4.79 Å². The highest BCUT2D eigenvalue weighted by Gasteiger charge is 2.35. The van der Waals surface area contributed by atoms with E-state index in [0.717, 1.165) is 0 Å². The molecule has 1 amide bonds. The number of hydrogen-bond donors (Lipinski definition) is 2. The molecule has 2 N–H and O–H groups in total. The molecular weight excluding hydrogens is 428 g/mol. The zero-order valence-electron chi connectivity index (χ0n) is 11.7. The first-order valence-electron chi connectivity index (χ1n) is 6.43. The number of carbonyl (C=O) groups is 2. The Morgan fingerprint density at radius 1 is 1.29 bits per heavy atom. The monoisotopic (exact) mass is 443 g/mol. The summed E-state index contributed by atoms with van der Waals surface area (Å²) >= 11 is 13.9.